The van der Waals surface area contributed by atoms with Crippen molar-refractivity contribution in [3.8, 4) is 0 Å². The molecule has 1 unspecified atom stereocenters. The van der Waals surface area contributed by atoms with Crippen LogP contribution in [-0.4, -0.2) is 35.2 Å². The van der Waals surface area contributed by atoms with E-state index >= 15 is 0 Å². The van der Waals surface area contributed by atoms with Crippen LogP contribution in [0.25, 0.3) is 0 Å². The lowest BCUT2D eigenvalue weighted by molar-refractivity contribution is -0.122. The summed E-state index contributed by atoms with van der Waals surface area (Å²) in [5.74, 6) is -0.875. The van der Waals surface area contributed by atoms with Gasteiger partial charge in [0.15, 0.2) is 0 Å². The first-order valence-electron chi connectivity index (χ1n) is 10.8. The number of imide groups is 1. The zero-order valence-corrected chi connectivity index (χ0v) is 18.3. The lowest BCUT2D eigenvalue weighted by atomic mass is 10.1. The Morgan fingerprint density at radius 3 is 2.31 bits per heavy atom. The highest BCUT2D eigenvalue weighted by Crippen LogP contribution is 2.27. The molecule has 1 atom stereocenters. The Balaban J connectivity index is 1.64. The number of nitrogens with zero attached hydrogens (tertiary/aromatic N) is 2. The van der Waals surface area contributed by atoms with E-state index in [9.17, 15) is 14.4 Å². The second-order valence-electron chi connectivity index (χ2n) is 8.23. The Kier molecular flexibility index (Phi) is 6.17. The molecular weight excluding hydrogens is 400 g/mol. The number of carbonyl (C=O) groups excluding carboxylic acids is 3. The molecule has 1 fully saturated rings. The van der Waals surface area contributed by atoms with Crippen molar-refractivity contribution in [1.82, 2.24) is 4.90 Å². The molecule has 5 nitrogen and oxygen atoms in total. The van der Waals surface area contributed by atoms with Crippen LogP contribution in [-0.2, 0) is 16.0 Å². The Labute approximate surface area is 188 Å². The Morgan fingerprint density at radius 1 is 0.906 bits per heavy atom. The standard InChI is InChI=1S/C27H26N2O3/c1-19-11-13-23(14-12-19)29-25(30)18-24(27(29)32)28(16-15-21-8-4-3-5-9-21)26(31)22-10-6-7-20(2)17-22/h3-14,17,24H,15-16,18H2,1-2H3. The maximum absolute atomic E-state index is 13.5. The van der Waals surface area contributed by atoms with Crippen LogP contribution >= 0.6 is 0 Å². The van der Waals surface area contributed by atoms with E-state index in [1.54, 1.807) is 23.1 Å². The van der Waals surface area contributed by atoms with Gasteiger partial charge in [0.1, 0.15) is 6.04 Å². The number of hydrogen-bond acceptors (Lipinski definition) is 3. The van der Waals surface area contributed by atoms with E-state index in [4.69, 9.17) is 0 Å². The predicted molar refractivity (Wildman–Crippen MR) is 124 cm³/mol. The van der Waals surface area contributed by atoms with Gasteiger partial charge in [-0.15, -0.1) is 0 Å². The van der Waals surface area contributed by atoms with E-state index in [2.05, 4.69) is 0 Å². The van der Waals surface area contributed by atoms with Crippen molar-refractivity contribution in [2.75, 3.05) is 11.4 Å². The summed E-state index contributed by atoms with van der Waals surface area (Å²) in [6.45, 7) is 4.22. The van der Waals surface area contributed by atoms with Gasteiger partial charge in [0.05, 0.1) is 12.1 Å². The molecule has 0 aliphatic carbocycles. The summed E-state index contributed by atoms with van der Waals surface area (Å²) in [4.78, 5) is 42.5. The molecule has 0 N–H and O–H groups in total. The number of carbonyl (C=O) groups is 3. The normalized spacial score (nSPS) is 15.8. The van der Waals surface area contributed by atoms with E-state index in [1.807, 2.05) is 74.5 Å². The first-order valence-corrected chi connectivity index (χ1v) is 10.8. The molecule has 1 heterocycles. The summed E-state index contributed by atoms with van der Waals surface area (Å²) in [6, 6.07) is 23.6. The van der Waals surface area contributed by atoms with Crippen LogP contribution in [0.3, 0.4) is 0 Å². The third kappa shape index (κ3) is 4.47. The third-order valence-electron chi connectivity index (χ3n) is 5.80. The SMILES string of the molecule is Cc1ccc(N2C(=O)CC(N(CCc3ccccc3)C(=O)c3cccc(C)c3)C2=O)cc1. The molecule has 4 rings (SSSR count). The van der Waals surface area contributed by atoms with Gasteiger partial charge in [0, 0.05) is 12.1 Å². The number of anilines is 1. The minimum absolute atomic E-state index is 0.0148. The fraction of sp³-hybridized carbons (Fsp3) is 0.222. The molecule has 5 heteroatoms. The van der Waals surface area contributed by atoms with Crippen LogP contribution in [0.1, 0.15) is 33.5 Å². The zero-order valence-electron chi connectivity index (χ0n) is 18.3. The maximum Gasteiger partial charge on any atom is 0.257 e. The van der Waals surface area contributed by atoms with Crippen LogP contribution in [0, 0.1) is 13.8 Å². The largest absolute Gasteiger partial charge is 0.326 e. The minimum Gasteiger partial charge on any atom is -0.326 e. The van der Waals surface area contributed by atoms with Crippen molar-refractivity contribution in [2.45, 2.75) is 32.7 Å². The highest BCUT2D eigenvalue weighted by molar-refractivity contribution is 6.23. The molecule has 162 valence electrons. The molecule has 3 aromatic rings. The van der Waals surface area contributed by atoms with Gasteiger partial charge in [0.2, 0.25) is 5.91 Å². The molecule has 1 aliphatic heterocycles. The van der Waals surface area contributed by atoms with Crippen LogP contribution < -0.4 is 4.90 Å². The third-order valence-corrected chi connectivity index (χ3v) is 5.80. The van der Waals surface area contributed by atoms with E-state index in [1.165, 1.54) is 4.90 Å². The maximum atomic E-state index is 13.5. The van der Waals surface area contributed by atoms with Crippen molar-refractivity contribution in [1.29, 1.82) is 0 Å². The van der Waals surface area contributed by atoms with Crippen molar-refractivity contribution in [3.63, 3.8) is 0 Å². The molecule has 3 aromatic carbocycles. The van der Waals surface area contributed by atoms with Gasteiger partial charge < -0.3 is 4.90 Å². The van der Waals surface area contributed by atoms with Crippen LogP contribution in [0.5, 0.6) is 0 Å². The summed E-state index contributed by atoms with van der Waals surface area (Å²) in [5, 5.41) is 0. The number of hydrogen-bond donors (Lipinski definition) is 0. The average molecular weight is 427 g/mol. The molecule has 0 aromatic heterocycles. The second kappa shape index (κ2) is 9.18. The second-order valence-corrected chi connectivity index (χ2v) is 8.23. The first-order chi connectivity index (χ1) is 15.4. The number of amides is 3. The minimum atomic E-state index is -0.819. The van der Waals surface area contributed by atoms with Crippen molar-refractivity contribution in [3.05, 3.63) is 101 Å². The highest BCUT2D eigenvalue weighted by atomic mass is 16.2. The first kappa shape index (κ1) is 21.5. The topological polar surface area (TPSA) is 57.7 Å². The Hall–Kier alpha value is -3.73. The highest BCUT2D eigenvalue weighted by Gasteiger charge is 2.44. The van der Waals surface area contributed by atoms with E-state index < -0.39 is 6.04 Å². The predicted octanol–water partition coefficient (Wildman–Crippen LogP) is 4.32. The fourth-order valence-electron chi connectivity index (χ4n) is 4.06. The van der Waals surface area contributed by atoms with Gasteiger partial charge in [-0.25, -0.2) is 4.90 Å². The van der Waals surface area contributed by atoms with Crippen molar-refractivity contribution >= 4 is 23.4 Å². The molecule has 32 heavy (non-hydrogen) atoms. The molecule has 1 saturated heterocycles. The van der Waals surface area contributed by atoms with Gasteiger partial charge in [-0.05, 0) is 50.1 Å². The van der Waals surface area contributed by atoms with Gasteiger partial charge in [0.25, 0.3) is 11.8 Å². The number of aryl methyl sites for hydroxylation is 2. The van der Waals surface area contributed by atoms with Crippen molar-refractivity contribution < 1.29 is 14.4 Å². The van der Waals surface area contributed by atoms with Gasteiger partial charge in [-0.1, -0.05) is 65.7 Å². The molecule has 1 aliphatic rings. The van der Waals surface area contributed by atoms with Crippen LogP contribution in [0.4, 0.5) is 5.69 Å². The summed E-state index contributed by atoms with van der Waals surface area (Å²) in [6.07, 6.45) is 0.583. The molecule has 0 bridgehead atoms. The molecule has 0 spiro atoms. The van der Waals surface area contributed by atoms with Gasteiger partial charge in [-0.2, -0.15) is 0 Å². The number of benzene rings is 3. The fourth-order valence-corrected chi connectivity index (χ4v) is 4.06. The summed E-state index contributed by atoms with van der Waals surface area (Å²) in [7, 11) is 0. The average Bonchev–Trinajstić information content (AvgIpc) is 3.09. The molecular formula is C27H26N2O3. The molecule has 3 amide bonds. The van der Waals surface area contributed by atoms with Crippen LogP contribution in [0.2, 0.25) is 0 Å². The van der Waals surface area contributed by atoms with E-state index in [0.717, 1.165) is 16.7 Å². The van der Waals surface area contributed by atoms with Crippen LogP contribution in [0.15, 0.2) is 78.9 Å². The Bertz CT molecular complexity index is 1140. The van der Waals surface area contributed by atoms with Gasteiger partial charge >= 0.3 is 0 Å². The lowest BCUT2D eigenvalue weighted by Crippen LogP contribution is -2.46. The summed E-state index contributed by atoms with van der Waals surface area (Å²) < 4.78 is 0. The van der Waals surface area contributed by atoms with E-state index in [-0.39, 0.29) is 24.1 Å². The summed E-state index contributed by atoms with van der Waals surface area (Å²) >= 11 is 0. The quantitative estimate of drug-likeness (QED) is 0.552. The van der Waals surface area contributed by atoms with Crippen molar-refractivity contribution in [2.24, 2.45) is 0 Å². The zero-order chi connectivity index (χ0) is 22.7. The Morgan fingerprint density at radius 2 is 1.62 bits per heavy atom. The summed E-state index contributed by atoms with van der Waals surface area (Å²) in [5.41, 5.74) is 4.14. The number of rotatable bonds is 6. The molecule has 0 radical (unpaired) electrons. The lowest BCUT2D eigenvalue weighted by Gasteiger charge is -2.28. The monoisotopic (exact) mass is 426 g/mol. The van der Waals surface area contributed by atoms with E-state index in [0.29, 0.717) is 24.2 Å². The smallest absolute Gasteiger partial charge is 0.257 e. The molecule has 0 saturated carbocycles. The van der Waals surface area contributed by atoms with Gasteiger partial charge in [-0.3, -0.25) is 14.4 Å².